The first-order valence-corrected chi connectivity index (χ1v) is 5.77. The fraction of sp³-hybridized carbons (Fsp3) is 0.273. The van der Waals surface area contributed by atoms with Crippen molar-refractivity contribution in [2.75, 3.05) is 5.32 Å². The topological polar surface area (TPSA) is 66.4 Å². The van der Waals surface area contributed by atoms with E-state index in [9.17, 15) is 14.0 Å². The van der Waals surface area contributed by atoms with Crippen LogP contribution < -0.4 is 5.32 Å². The van der Waals surface area contributed by atoms with E-state index in [-0.39, 0.29) is 10.4 Å². The number of carboxylic acid groups (broad SMARTS) is 1. The van der Waals surface area contributed by atoms with Crippen molar-refractivity contribution in [2.24, 2.45) is 11.8 Å². The number of hydrogen-bond acceptors (Lipinski definition) is 2. The molecule has 1 amide bonds. The molecule has 1 aromatic rings. The number of carbonyl (C=O) groups excluding carboxylic acids is 1. The zero-order valence-electron chi connectivity index (χ0n) is 8.61. The molecule has 0 spiro atoms. The van der Waals surface area contributed by atoms with E-state index in [4.69, 9.17) is 5.11 Å². The lowest BCUT2D eigenvalue weighted by Gasteiger charge is -2.05. The summed E-state index contributed by atoms with van der Waals surface area (Å²) in [7, 11) is 0. The number of rotatable bonds is 3. The van der Waals surface area contributed by atoms with Crippen LogP contribution in [-0.2, 0) is 9.59 Å². The first-order valence-electron chi connectivity index (χ1n) is 4.98. The highest BCUT2D eigenvalue weighted by Gasteiger charge is 2.48. The molecule has 1 aromatic carbocycles. The minimum atomic E-state index is -0.953. The Morgan fingerprint density at radius 3 is 2.65 bits per heavy atom. The third-order valence-corrected chi connectivity index (χ3v) is 3.24. The summed E-state index contributed by atoms with van der Waals surface area (Å²) in [6, 6.07) is 4.09. The van der Waals surface area contributed by atoms with Gasteiger partial charge in [0, 0.05) is 5.69 Å². The van der Waals surface area contributed by atoms with Crippen molar-refractivity contribution < 1.29 is 19.1 Å². The maximum absolute atomic E-state index is 12.9. The molecule has 1 fully saturated rings. The molecule has 0 aliphatic heterocycles. The molecule has 0 unspecified atom stereocenters. The zero-order chi connectivity index (χ0) is 12.6. The molecule has 1 aliphatic carbocycles. The number of halogens is 2. The first-order chi connectivity index (χ1) is 7.99. The normalized spacial score (nSPS) is 22.0. The number of anilines is 1. The predicted octanol–water partition coefficient (Wildman–Crippen LogP) is 2.25. The molecule has 2 atom stereocenters. The van der Waals surface area contributed by atoms with Gasteiger partial charge >= 0.3 is 5.97 Å². The van der Waals surface area contributed by atoms with Gasteiger partial charge in [-0.1, -0.05) is 0 Å². The van der Waals surface area contributed by atoms with Crippen molar-refractivity contribution in [1.29, 1.82) is 0 Å². The summed E-state index contributed by atoms with van der Waals surface area (Å²) in [5, 5.41) is 11.2. The van der Waals surface area contributed by atoms with Gasteiger partial charge < -0.3 is 10.4 Å². The van der Waals surface area contributed by atoms with E-state index in [0.717, 1.165) is 0 Å². The summed E-state index contributed by atoms with van der Waals surface area (Å²) in [4.78, 5) is 22.2. The van der Waals surface area contributed by atoms with Crippen LogP contribution in [0.2, 0.25) is 0 Å². The van der Waals surface area contributed by atoms with Crippen LogP contribution in [0.4, 0.5) is 10.1 Å². The molecular weight excluding hydrogens is 293 g/mol. The monoisotopic (exact) mass is 301 g/mol. The maximum Gasteiger partial charge on any atom is 0.307 e. The zero-order valence-corrected chi connectivity index (χ0v) is 10.2. The van der Waals surface area contributed by atoms with Gasteiger partial charge in [0.1, 0.15) is 5.82 Å². The quantitative estimate of drug-likeness (QED) is 0.900. The summed E-state index contributed by atoms with van der Waals surface area (Å²) in [6.07, 6.45) is 0.365. The highest BCUT2D eigenvalue weighted by molar-refractivity contribution is 9.10. The molecule has 0 saturated heterocycles. The molecule has 0 bridgehead atoms. The van der Waals surface area contributed by atoms with Crippen LogP contribution >= 0.6 is 15.9 Å². The molecule has 2 N–H and O–H groups in total. The molecule has 2 rings (SSSR count). The van der Waals surface area contributed by atoms with Crippen LogP contribution in [0.25, 0.3) is 0 Å². The van der Waals surface area contributed by atoms with Crippen LogP contribution in [-0.4, -0.2) is 17.0 Å². The van der Waals surface area contributed by atoms with Gasteiger partial charge in [-0.3, -0.25) is 9.59 Å². The van der Waals surface area contributed by atoms with E-state index in [1.54, 1.807) is 0 Å². The van der Waals surface area contributed by atoms with Crippen molar-refractivity contribution in [3.8, 4) is 0 Å². The molecule has 90 valence electrons. The minimum absolute atomic E-state index is 0.251. The summed E-state index contributed by atoms with van der Waals surface area (Å²) in [5.41, 5.74) is 0.444. The lowest BCUT2D eigenvalue weighted by Crippen LogP contribution is -2.16. The van der Waals surface area contributed by atoms with Gasteiger partial charge in [0.15, 0.2) is 0 Å². The van der Waals surface area contributed by atoms with E-state index in [2.05, 4.69) is 21.2 Å². The molecule has 6 heteroatoms. The SMILES string of the molecule is O=C(O)[C@H]1C[C@H]1C(=O)Nc1ccc(F)c(Br)c1. The third kappa shape index (κ3) is 2.63. The van der Waals surface area contributed by atoms with Crippen molar-refractivity contribution in [3.63, 3.8) is 0 Å². The first kappa shape index (κ1) is 12.0. The standard InChI is InChI=1S/C11H9BrFNO3/c12-8-3-5(1-2-9(8)13)14-10(15)6-4-7(6)11(16)17/h1-3,6-7H,4H2,(H,14,15)(H,16,17)/t6-,7+/m1/s1. The van der Waals surface area contributed by atoms with Gasteiger partial charge in [0.25, 0.3) is 0 Å². The Balaban J connectivity index is 2.00. The molecule has 1 saturated carbocycles. The van der Waals surface area contributed by atoms with Crippen LogP contribution in [0.15, 0.2) is 22.7 Å². The fourth-order valence-corrected chi connectivity index (χ4v) is 1.95. The lowest BCUT2D eigenvalue weighted by atomic mass is 10.2. The smallest absolute Gasteiger partial charge is 0.307 e. The Morgan fingerprint density at radius 1 is 1.41 bits per heavy atom. The van der Waals surface area contributed by atoms with Crippen molar-refractivity contribution >= 4 is 33.5 Å². The lowest BCUT2D eigenvalue weighted by molar-refractivity contribution is -0.139. The number of amides is 1. The Bertz CT molecular complexity index is 492. The molecule has 4 nitrogen and oxygen atoms in total. The van der Waals surface area contributed by atoms with E-state index in [1.807, 2.05) is 0 Å². The molecule has 1 aliphatic rings. The Morgan fingerprint density at radius 2 is 2.12 bits per heavy atom. The average Bonchev–Trinajstić information content (AvgIpc) is 3.03. The van der Waals surface area contributed by atoms with E-state index in [1.165, 1.54) is 18.2 Å². The maximum atomic E-state index is 12.9. The number of hydrogen-bond donors (Lipinski definition) is 2. The number of nitrogens with one attached hydrogen (secondary N) is 1. The second kappa shape index (κ2) is 4.44. The second-order valence-corrected chi connectivity index (χ2v) is 4.76. The summed E-state index contributed by atoms with van der Waals surface area (Å²) >= 11 is 3.00. The van der Waals surface area contributed by atoms with E-state index in [0.29, 0.717) is 12.1 Å². The van der Waals surface area contributed by atoms with Crippen LogP contribution in [0.5, 0.6) is 0 Å². The van der Waals surface area contributed by atoms with Gasteiger partial charge in [-0.25, -0.2) is 4.39 Å². The summed E-state index contributed by atoms with van der Waals surface area (Å²) in [5.74, 6) is -2.77. The molecule has 0 radical (unpaired) electrons. The highest BCUT2D eigenvalue weighted by Crippen LogP contribution is 2.39. The van der Waals surface area contributed by atoms with Gasteiger partial charge in [0.05, 0.1) is 16.3 Å². The average molecular weight is 302 g/mol. The van der Waals surface area contributed by atoms with Crippen molar-refractivity contribution in [1.82, 2.24) is 0 Å². The van der Waals surface area contributed by atoms with Crippen LogP contribution in [0.3, 0.4) is 0 Å². The van der Waals surface area contributed by atoms with Crippen LogP contribution in [0, 0.1) is 17.7 Å². The molecule has 17 heavy (non-hydrogen) atoms. The Hall–Kier alpha value is -1.43. The number of aliphatic carboxylic acids is 1. The molecule has 0 aromatic heterocycles. The van der Waals surface area contributed by atoms with Gasteiger partial charge in [-0.15, -0.1) is 0 Å². The second-order valence-electron chi connectivity index (χ2n) is 3.91. The number of carboxylic acids is 1. The largest absolute Gasteiger partial charge is 0.481 e. The van der Waals surface area contributed by atoms with Crippen molar-refractivity contribution in [2.45, 2.75) is 6.42 Å². The van der Waals surface area contributed by atoms with Gasteiger partial charge in [-0.05, 0) is 40.5 Å². The number of carbonyl (C=O) groups is 2. The van der Waals surface area contributed by atoms with Crippen molar-refractivity contribution in [3.05, 3.63) is 28.5 Å². The summed E-state index contributed by atoms with van der Waals surface area (Å²) in [6.45, 7) is 0. The van der Waals surface area contributed by atoms with Crippen LogP contribution in [0.1, 0.15) is 6.42 Å². The number of benzene rings is 1. The van der Waals surface area contributed by atoms with E-state index >= 15 is 0 Å². The Kier molecular flexibility index (Phi) is 3.15. The summed E-state index contributed by atoms with van der Waals surface area (Å²) < 4.78 is 13.2. The minimum Gasteiger partial charge on any atom is -0.481 e. The molecule has 0 heterocycles. The fourth-order valence-electron chi connectivity index (χ4n) is 1.57. The Labute approximate surface area is 105 Å². The van der Waals surface area contributed by atoms with Gasteiger partial charge in [-0.2, -0.15) is 0 Å². The predicted molar refractivity (Wildman–Crippen MR) is 62.0 cm³/mol. The molecular formula is C11H9BrFNO3. The van der Waals surface area contributed by atoms with Gasteiger partial charge in [0.2, 0.25) is 5.91 Å². The third-order valence-electron chi connectivity index (χ3n) is 2.63. The highest BCUT2D eigenvalue weighted by atomic mass is 79.9. The van der Waals surface area contributed by atoms with E-state index < -0.39 is 23.6 Å².